The molecule has 2 fully saturated rings. The van der Waals surface area contributed by atoms with Gasteiger partial charge in [-0.15, -0.1) is 0 Å². The average molecular weight is 382 g/mol. The molecule has 0 amide bonds. The normalized spacial score (nSPS) is 25.1. The summed E-state index contributed by atoms with van der Waals surface area (Å²) in [6.07, 6.45) is 15.2. The Morgan fingerprint density at radius 1 is 0.647 bits per heavy atom. The molecule has 0 saturated heterocycles. The van der Waals surface area contributed by atoms with Crippen molar-refractivity contribution in [3.8, 4) is 0 Å². The molecule has 0 spiro atoms. The summed E-state index contributed by atoms with van der Waals surface area (Å²) in [4.78, 5) is 2.70. The lowest BCUT2D eigenvalue weighted by Gasteiger charge is -2.46. The Hall–Kier alpha value is 1.18. The van der Waals surface area contributed by atoms with E-state index in [1.165, 1.54) is 48.4 Å². The topological polar surface area (TPSA) is 0 Å². The summed E-state index contributed by atoms with van der Waals surface area (Å²) in [5, 5.41) is 0. The molecule has 2 aliphatic carbocycles. The van der Waals surface area contributed by atoms with Gasteiger partial charge in [0.15, 0.2) is 0 Å². The van der Waals surface area contributed by atoms with Gasteiger partial charge in [0.25, 0.3) is 0 Å². The molecule has 2 saturated carbocycles. The zero-order chi connectivity index (χ0) is 12.1. The van der Waals surface area contributed by atoms with Crippen LogP contribution in [0, 0.1) is 0 Å². The molecule has 0 radical (unpaired) electrons. The highest BCUT2D eigenvalue weighted by atomic mass is 79.9. The van der Waals surface area contributed by atoms with Crippen LogP contribution < -0.4 is 0 Å². The maximum atomic E-state index is 3.94. The third kappa shape index (κ3) is 3.20. The zero-order valence-corrected chi connectivity index (χ0v) is 15.1. The highest BCUT2D eigenvalue weighted by Gasteiger charge is 2.45. The Bertz CT molecular complexity index is 196. The van der Waals surface area contributed by atoms with E-state index in [4.69, 9.17) is 0 Å². The molecule has 3 heteroatoms. The van der Waals surface area contributed by atoms with Crippen LogP contribution in [0.1, 0.15) is 64.2 Å². The van der Waals surface area contributed by atoms with Crippen LogP contribution in [0.2, 0.25) is 11.1 Å². The Kier molecular flexibility index (Phi) is 6.08. The lowest BCUT2D eigenvalue weighted by molar-refractivity contribution is 0.454. The molecule has 0 N–H and O–H groups in total. The third-order valence-corrected chi connectivity index (χ3v) is 17.0. The predicted molar refractivity (Wildman–Crippen MR) is 87.0 cm³/mol. The molecule has 0 aromatic carbocycles. The molecule has 100 valence electrons. The zero-order valence-electron chi connectivity index (χ0n) is 10.9. The van der Waals surface area contributed by atoms with Crippen LogP contribution in [0.4, 0.5) is 0 Å². The van der Waals surface area contributed by atoms with Crippen molar-refractivity contribution in [2.45, 2.75) is 75.3 Å². The molecule has 2 rings (SSSR count). The van der Waals surface area contributed by atoms with E-state index in [-0.39, 0.29) is 0 Å². The summed E-state index contributed by atoms with van der Waals surface area (Å²) in [5.74, 6) is 0. The number of hydrogen-bond donors (Lipinski definition) is 0. The Morgan fingerprint density at radius 2 is 1.00 bits per heavy atom. The average Bonchev–Trinajstić information content (AvgIpc) is 2.43. The van der Waals surface area contributed by atoms with Crippen molar-refractivity contribution in [3.63, 3.8) is 0 Å². The van der Waals surface area contributed by atoms with Crippen molar-refractivity contribution in [2.75, 3.05) is 9.91 Å². The highest BCUT2D eigenvalue weighted by Crippen LogP contribution is 2.49. The van der Waals surface area contributed by atoms with Gasteiger partial charge >= 0.3 is 0 Å². The summed E-state index contributed by atoms with van der Waals surface area (Å²) in [6.45, 7) is 0. The first kappa shape index (κ1) is 14.6. The van der Waals surface area contributed by atoms with Crippen molar-refractivity contribution >= 4 is 39.9 Å². The monoisotopic (exact) mass is 380 g/mol. The maximum absolute atomic E-state index is 3.94. The molecule has 17 heavy (non-hydrogen) atoms. The second kappa shape index (κ2) is 7.09. The quantitative estimate of drug-likeness (QED) is 0.415. The van der Waals surface area contributed by atoms with Crippen LogP contribution in [0.3, 0.4) is 0 Å². The molecule has 0 aliphatic heterocycles. The van der Waals surface area contributed by atoms with Gasteiger partial charge in [-0.25, -0.2) is 0 Å². The summed E-state index contributed by atoms with van der Waals surface area (Å²) < 4.78 is 0. The third-order valence-electron chi connectivity index (χ3n) is 5.33. The second-order valence-corrected chi connectivity index (χ2v) is 14.2. The van der Waals surface area contributed by atoms with Crippen LogP contribution in [0.15, 0.2) is 0 Å². The van der Waals surface area contributed by atoms with Crippen molar-refractivity contribution < 1.29 is 0 Å². The number of rotatable bonds is 4. The minimum absolute atomic E-state index is 1.11. The van der Waals surface area contributed by atoms with E-state index < -0.39 is 8.07 Å². The maximum Gasteiger partial charge on any atom is 0.0817 e. The summed E-state index contributed by atoms with van der Waals surface area (Å²) in [5.41, 5.74) is 2.22. The van der Waals surface area contributed by atoms with Crippen molar-refractivity contribution in [1.82, 2.24) is 0 Å². The Balaban J connectivity index is 2.10. The van der Waals surface area contributed by atoms with Crippen LogP contribution in [0.25, 0.3) is 0 Å². The van der Waals surface area contributed by atoms with Gasteiger partial charge in [-0.1, -0.05) is 96.1 Å². The lowest BCUT2D eigenvalue weighted by Crippen LogP contribution is -2.50. The SMILES string of the molecule is BrC[Si](CBr)(C1CCCCC1)C1CCCCC1. The molecule has 0 nitrogen and oxygen atoms in total. The molecule has 0 bridgehead atoms. The summed E-state index contributed by atoms with van der Waals surface area (Å²) >= 11 is 7.87. The minimum atomic E-state index is -1.11. The highest BCUT2D eigenvalue weighted by molar-refractivity contribution is 9.10. The molecule has 0 unspecified atom stereocenters. The van der Waals surface area contributed by atoms with Crippen LogP contribution in [0.5, 0.6) is 0 Å². The van der Waals surface area contributed by atoms with Gasteiger partial charge in [0, 0.05) is 0 Å². The molecule has 0 aromatic heterocycles. The van der Waals surface area contributed by atoms with Gasteiger partial charge in [-0.3, -0.25) is 0 Å². The Labute approximate surface area is 125 Å². The van der Waals surface area contributed by atoms with Gasteiger partial charge in [0.05, 0.1) is 8.07 Å². The molecule has 0 aromatic rings. The fourth-order valence-corrected chi connectivity index (χ4v) is 17.2. The van der Waals surface area contributed by atoms with Crippen LogP contribution in [-0.2, 0) is 0 Å². The molecule has 0 heterocycles. The smallest absolute Gasteiger partial charge is 0.0817 e. The van der Waals surface area contributed by atoms with Gasteiger partial charge in [0.2, 0.25) is 0 Å². The first-order valence-corrected chi connectivity index (χ1v) is 12.3. The lowest BCUT2D eigenvalue weighted by atomic mass is 9.99. The van der Waals surface area contributed by atoms with Crippen molar-refractivity contribution in [1.29, 1.82) is 0 Å². The van der Waals surface area contributed by atoms with E-state index >= 15 is 0 Å². The van der Waals surface area contributed by atoms with E-state index in [0.29, 0.717) is 0 Å². The van der Waals surface area contributed by atoms with Crippen molar-refractivity contribution in [3.05, 3.63) is 0 Å². The van der Waals surface area contributed by atoms with Crippen molar-refractivity contribution in [2.24, 2.45) is 0 Å². The van der Waals surface area contributed by atoms with E-state index in [9.17, 15) is 0 Å². The van der Waals surface area contributed by atoms with Gasteiger partial charge in [-0.2, -0.15) is 0 Å². The predicted octanol–water partition coefficient (Wildman–Crippen LogP) is 5.97. The first-order valence-electron chi connectivity index (χ1n) is 7.45. The fraction of sp³-hybridized carbons (Fsp3) is 1.00. The molecular weight excluding hydrogens is 356 g/mol. The van der Waals surface area contributed by atoms with E-state index in [1.54, 1.807) is 25.7 Å². The van der Waals surface area contributed by atoms with Gasteiger partial charge in [-0.05, 0) is 21.0 Å². The van der Waals surface area contributed by atoms with Crippen LogP contribution in [-0.4, -0.2) is 18.0 Å². The minimum Gasteiger partial charge on any atom is -0.0961 e. The fourth-order valence-electron chi connectivity index (χ4n) is 4.16. The largest absolute Gasteiger partial charge is 0.0961 e. The molecular formula is C14H26Br2Si. The van der Waals surface area contributed by atoms with E-state index in [1.807, 2.05) is 0 Å². The number of hydrogen-bond acceptors (Lipinski definition) is 0. The standard InChI is InChI=1S/C14H26Br2Si/c15-11-17(12-16,13-7-3-1-4-8-13)14-9-5-2-6-10-14/h13-14H,1-12H2. The van der Waals surface area contributed by atoms with E-state index in [2.05, 4.69) is 31.9 Å². The summed E-state index contributed by atoms with van der Waals surface area (Å²) in [7, 11) is -1.11. The second-order valence-electron chi connectivity index (χ2n) is 6.17. The molecule has 0 atom stereocenters. The molecule has 2 aliphatic rings. The Morgan fingerprint density at radius 3 is 1.29 bits per heavy atom. The van der Waals surface area contributed by atoms with Crippen LogP contribution >= 0.6 is 31.9 Å². The number of alkyl halides is 2. The van der Waals surface area contributed by atoms with Gasteiger partial charge in [0.1, 0.15) is 0 Å². The number of halogens is 2. The summed E-state index contributed by atoms with van der Waals surface area (Å²) in [6, 6.07) is 0. The van der Waals surface area contributed by atoms with Gasteiger partial charge < -0.3 is 0 Å². The van der Waals surface area contributed by atoms with E-state index in [0.717, 1.165) is 11.1 Å². The first-order chi connectivity index (χ1) is 8.33.